The molecule has 32 heavy (non-hydrogen) atoms. The highest BCUT2D eigenvalue weighted by Gasteiger charge is 2.26. The molecule has 2 heterocycles. The molecule has 1 aromatic heterocycles. The monoisotopic (exact) mass is 492 g/mol. The Morgan fingerprint density at radius 2 is 1.91 bits per heavy atom. The van der Waals surface area contributed by atoms with Crippen LogP contribution in [0.2, 0.25) is 5.02 Å². The number of carbonyl (C=O) groups is 1. The van der Waals surface area contributed by atoms with Gasteiger partial charge in [-0.05, 0) is 50.1 Å². The molecule has 170 valence electrons. The zero-order chi connectivity index (χ0) is 22.7. The number of thioether (sulfide) groups is 1. The van der Waals surface area contributed by atoms with Crippen LogP contribution in [0.15, 0.2) is 52.5 Å². The van der Waals surface area contributed by atoms with Gasteiger partial charge in [0, 0.05) is 19.6 Å². The molecule has 4 rings (SSSR count). The molecule has 0 bridgehead atoms. The Hall–Kier alpha value is -2.07. The summed E-state index contributed by atoms with van der Waals surface area (Å²) in [5.74, 6) is -0.0285. The van der Waals surface area contributed by atoms with Crippen molar-refractivity contribution in [2.45, 2.75) is 42.8 Å². The predicted octanol–water partition coefficient (Wildman–Crippen LogP) is 4.62. The van der Waals surface area contributed by atoms with Gasteiger partial charge in [-0.1, -0.05) is 41.9 Å². The highest BCUT2D eigenvalue weighted by Crippen LogP contribution is 2.28. The van der Waals surface area contributed by atoms with Gasteiger partial charge in [0.15, 0.2) is 5.16 Å². The van der Waals surface area contributed by atoms with E-state index in [4.69, 9.17) is 11.6 Å². The van der Waals surface area contributed by atoms with Gasteiger partial charge in [0.2, 0.25) is 15.9 Å². The van der Waals surface area contributed by atoms with Crippen molar-refractivity contribution in [2.24, 2.45) is 0 Å². The third-order valence-corrected chi connectivity index (χ3v) is 8.63. The number of carbonyl (C=O) groups excluding carboxylic acids is 1. The number of hydrogen-bond acceptors (Lipinski definition) is 5. The molecule has 0 atom stereocenters. The lowest BCUT2D eigenvalue weighted by atomic mass is 10.2. The second kappa shape index (κ2) is 9.82. The maximum atomic E-state index is 13.0. The molecule has 1 saturated heterocycles. The fourth-order valence-electron chi connectivity index (χ4n) is 3.80. The molecule has 10 heteroatoms. The third kappa shape index (κ3) is 4.80. The average Bonchev–Trinajstić information content (AvgIpc) is 3.16. The number of imidazole rings is 1. The van der Waals surface area contributed by atoms with Crippen molar-refractivity contribution >= 4 is 56.0 Å². The summed E-state index contributed by atoms with van der Waals surface area (Å²) < 4.78 is 29.6. The van der Waals surface area contributed by atoms with Crippen LogP contribution >= 0.6 is 23.4 Å². The number of hydrogen-bond donors (Lipinski definition) is 1. The lowest BCUT2D eigenvalue weighted by Crippen LogP contribution is -2.35. The molecule has 1 amide bonds. The number of rotatable bonds is 7. The fraction of sp³-hybridized carbons (Fsp3) is 0.364. The molecule has 2 aromatic carbocycles. The largest absolute Gasteiger partial charge is 0.324 e. The van der Waals surface area contributed by atoms with Crippen LogP contribution in [0.1, 0.15) is 26.2 Å². The van der Waals surface area contributed by atoms with Crippen LogP contribution < -0.4 is 5.32 Å². The normalized spacial score (nSPS) is 15.2. The van der Waals surface area contributed by atoms with E-state index in [9.17, 15) is 13.2 Å². The summed E-state index contributed by atoms with van der Waals surface area (Å²) in [6, 6.07) is 12.2. The van der Waals surface area contributed by atoms with E-state index in [1.54, 1.807) is 46.8 Å². The molecule has 0 saturated carbocycles. The Morgan fingerprint density at radius 3 is 2.62 bits per heavy atom. The molecule has 7 nitrogen and oxygen atoms in total. The summed E-state index contributed by atoms with van der Waals surface area (Å²) in [5.41, 5.74) is 2.02. The van der Waals surface area contributed by atoms with Gasteiger partial charge in [-0.15, -0.1) is 0 Å². The van der Waals surface area contributed by atoms with E-state index in [-0.39, 0.29) is 16.6 Å². The lowest BCUT2D eigenvalue weighted by Gasteiger charge is -2.25. The maximum Gasteiger partial charge on any atom is 0.243 e. The van der Waals surface area contributed by atoms with E-state index >= 15 is 0 Å². The summed E-state index contributed by atoms with van der Waals surface area (Å²) in [6.07, 6.45) is 2.85. The van der Waals surface area contributed by atoms with Crippen molar-refractivity contribution in [2.75, 3.05) is 24.2 Å². The van der Waals surface area contributed by atoms with Gasteiger partial charge in [-0.3, -0.25) is 4.79 Å². The SMILES string of the molecule is CCn1c(SCC(=O)Nc2ccccc2Cl)nc2cc(S(=O)(=O)N3CCCCC3)ccc21. The zero-order valence-electron chi connectivity index (χ0n) is 17.8. The van der Waals surface area contributed by atoms with Crippen molar-refractivity contribution in [3.63, 3.8) is 0 Å². The molecule has 0 aliphatic carbocycles. The topological polar surface area (TPSA) is 84.3 Å². The van der Waals surface area contributed by atoms with Gasteiger partial charge < -0.3 is 9.88 Å². The van der Waals surface area contributed by atoms with Gasteiger partial charge in [0.25, 0.3) is 0 Å². The van der Waals surface area contributed by atoms with Crippen LogP contribution in [-0.2, 0) is 21.4 Å². The summed E-state index contributed by atoms with van der Waals surface area (Å²) in [5, 5.41) is 3.95. The fourth-order valence-corrected chi connectivity index (χ4v) is 6.40. The number of piperidine rings is 1. The van der Waals surface area contributed by atoms with Crippen molar-refractivity contribution in [3.8, 4) is 0 Å². The number of sulfonamides is 1. The van der Waals surface area contributed by atoms with Gasteiger partial charge >= 0.3 is 0 Å². The van der Waals surface area contributed by atoms with Gasteiger partial charge in [-0.2, -0.15) is 4.31 Å². The summed E-state index contributed by atoms with van der Waals surface area (Å²) in [4.78, 5) is 17.3. The van der Waals surface area contributed by atoms with Crippen molar-refractivity contribution < 1.29 is 13.2 Å². The Morgan fingerprint density at radius 1 is 1.16 bits per heavy atom. The first-order chi connectivity index (χ1) is 15.4. The van der Waals surface area contributed by atoms with E-state index in [2.05, 4.69) is 10.3 Å². The van der Waals surface area contributed by atoms with E-state index in [1.807, 2.05) is 11.5 Å². The van der Waals surface area contributed by atoms with Crippen LogP contribution in [0.4, 0.5) is 5.69 Å². The van der Waals surface area contributed by atoms with E-state index in [0.717, 1.165) is 24.8 Å². The molecule has 1 fully saturated rings. The standard InChI is InChI=1S/C22H25ClN4O3S2/c1-2-27-20-11-10-16(32(29,30)26-12-6-3-7-13-26)14-19(20)25-22(27)31-15-21(28)24-18-9-5-4-8-17(18)23/h4-5,8-11,14H,2-3,6-7,12-13,15H2,1H3,(H,24,28). The Labute approximate surface area is 197 Å². The quantitative estimate of drug-likeness (QED) is 0.487. The average molecular weight is 493 g/mol. The number of amides is 1. The first-order valence-electron chi connectivity index (χ1n) is 10.6. The summed E-state index contributed by atoms with van der Waals surface area (Å²) in [7, 11) is -3.53. The van der Waals surface area contributed by atoms with Gasteiger partial charge in [0.05, 0.1) is 32.4 Å². The molecule has 0 unspecified atom stereocenters. The molecule has 3 aromatic rings. The van der Waals surface area contributed by atoms with Gasteiger partial charge in [0.1, 0.15) is 0 Å². The Kier molecular flexibility index (Phi) is 7.09. The first kappa shape index (κ1) is 23.1. The first-order valence-corrected chi connectivity index (χ1v) is 13.4. The van der Waals surface area contributed by atoms with Crippen LogP contribution in [0.25, 0.3) is 11.0 Å². The number of halogens is 1. The number of anilines is 1. The lowest BCUT2D eigenvalue weighted by molar-refractivity contribution is -0.113. The Balaban J connectivity index is 1.53. The van der Waals surface area contributed by atoms with Crippen molar-refractivity contribution in [1.29, 1.82) is 0 Å². The van der Waals surface area contributed by atoms with E-state index in [0.29, 0.717) is 41.0 Å². The number of fused-ring (bicyclic) bond motifs is 1. The van der Waals surface area contributed by atoms with Crippen molar-refractivity contribution in [3.05, 3.63) is 47.5 Å². The molecular weight excluding hydrogens is 468 g/mol. The number of para-hydroxylation sites is 1. The third-order valence-electron chi connectivity index (χ3n) is 5.43. The number of aryl methyl sites for hydroxylation is 1. The number of nitrogens with zero attached hydrogens (tertiary/aromatic N) is 3. The molecule has 1 aliphatic rings. The molecular formula is C22H25ClN4O3S2. The zero-order valence-corrected chi connectivity index (χ0v) is 20.1. The highest BCUT2D eigenvalue weighted by atomic mass is 35.5. The smallest absolute Gasteiger partial charge is 0.243 e. The second-order valence-corrected chi connectivity index (χ2v) is 10.9. The summed E-state index contributed by atoms with van der Waals surface area (Å²) in [6.45, 7) is 3.77. The van der Waals surface area contributed by atoms with Crippen LogP contribution in [0.3, 0.4) is 0 Å². The van der Waals surface area contributed by atoms with Crippen molar-refractivity contribution in [1.82, 2.24) is 13.9 Å². The Bertz CT molecular complexity index is 1240. The van der Waals surface area contributed by atoms with Crippen LogP contribution in [0.5, 0.6) is 0 Å². The second-order valence-electron chi connectivity index (χ2n) is 7.57. The molecule has 0 spiro atoms. The van der Waals surface area contributed by atoms with Gasteiger partial charge in [-0.25, -0.2) is 13.4 Å². The molecule has 1 N–H and O–H groups in total. The molecule has 0 radical (unpaired) electrons. The minimum absolute atomic E-state index is 0.160. The summed E-state index contributed by atoms with van der Waals surface area (Å²) >= 11 is 7.41. The minimum Gasteiger partial charge on any atom is -0.324 e. The van der Waals surface area contributed by atoms with E-state index in [1.165, 1.54) is 11.8 Å². The molecule has 1 aliphatic heterocycles. The predicted molar refractivity (Wildman–Crippen MR) is 129 cm³/mol. The maximum absolute atomic E-state index is 13.0. The van der Waals surface area contributed by atoms with E-state index < -0.39 is 10.0 Å². The van der Waals surface area contributed by atoms with Crippen LogP contribution in [-0.4, -0.2) is 47.0 Å². The highest BCUT2D eigenvalue weighted by molar-refractivity contribution is 7.99. The number of benzene rings is 2. The number of aromatic nitrogens is 2. The van der Waals surface area contributed by atoms with Crippen LogP contribution in [0, 0.1) is 0 Å². The minimum atomic E-state index is -3.53. The number of nitrogens with one attached hydrogen (secondary N) is 1.